The SMILES string of the molecule is O=S(=O)(c1c(F)cc(F)cc1Br)N1CC(CO)C1. The molecule has 0 unspecified atom stereocenters. The summed E-state index contributed by atoms with van der Waals surface area (Å²) in [7, 11) is -3.99. The third kappa shape index (κ3) is 2.29. The lowest BCUT2D eigenvalue weighted by Crippen LogP contribution is -2.51. The molecule has 1 aromatic carbocycles. The molecule has 0 radical (unpaired) electrons. The van der Waals surface area contributed by atoms with Crippen molar-refractivity contribution in [1.82, 2.24) is 4.31 Å². The second kappa shape index (κ2) is 4.84. The Balaban J connectivity index is 2.37. The molecule has 1 aromatic rings. The van der Waals surface area contributed by atoms with Crippen molar-refractivity contribution in [2.24, 2.45) is 5.92 Å². The second-order valence-electron chi connectivity index (χ2n) is 4.07. The van der Waals surface area contributed by atoms with Crippen molar-refractivity contribution in [3.05, 3.63) is 28.2 Å². The first kappa shape index (κ1) is 13.9. The van der Waals surface area contributed by atoms with Gasteiger partial charge in [0.05, 0.1) is 0 Å². The van der Waals surface area contributed by atoms with E-state index in [4.69, 9.17) is 5.11 Å². The minimum absolute atomic E-state index is 0.112. The molecule has 0 amide bonds. The molecule has 1 heterocycles. The van der Waals surface area contributed by atoms with Gasteiger partial charge in [0.25, 0.3) is 0 Å². The Labute approximate surface area is 111 Å². The smallest absolute Gasteiger partial charge is 0.247 e. The summed E-state index contributed by atoms with van der Waals surface area (Å²) in [6, 6.07) is 1.43. The molecule has 0 aliphatic carbocycles. The Bertz CT molecular complexity index is 549. The zero-order chi connectivity index (χ0) is 13.5. The van der Waals surface area contributed by atoms with Crippen LogP contribution < -0.4 is 0 Å². The molecule has 1 N–H and O–H groups in total. The van der Waals surface area contributed by atoms with E-state index in [-0.39, 0.29) is 30.1 Å². The van der Waals surface area contributed by atoms with Crippen LogP contribution >= 0.6 is 15.9 Å². The lowest BCUT2D eigenvalue weighted by atomic mass is 10.1. The lowest BCUT2D eigenvalue weighted by Gasteiger charge is -2.37. The third-order valence-corrected chi connectivity index (χ3v) is 5.54. The summed E-state index contributed by atoms with van der Waals surface area (Å²) in [6.45, 7) is 0.170. The maximum Gasteiger partial charge on any atom is 0.247 e. The van der Waals surface area contributed by atoms with E-state index in [0.29, 0.717) is 6.07 Å². The highest BCUT2D eigenvalue weighted by molar-refractivity contribution is 9.10. The van der Waals surface area contributed by atoms with E-state index in [9.17, 15) is 17.2 Å². The first-order valence-electron chi connectivity index (χ1n) is 5.12. The van der Waals surface area contributed by atoms with E-state index < -0.39 is 26.6 Å². The molecule has 0 atom stereocenters. The van der Waals surface area contributed by atoms with Crippen LogP contribution in [0.1, 0.15) is 0 Å². The summed E-state index contributed by atoms with van der Waals surface area (Å²) in [5.41, 5.74) is 0. The van der Waals surface area contributed by atoms with E-state index in [0.717, 1.165) is 10.4 Å². The number of sulfonamides is 1. The van der Waals surface area contributed by atoms with Gasteiger partial charge >= 0.3 is 0 Å². The highest BCUT2D eigenvalue weighted by Crippen LogP contribution is 2.32. The summed E-state index contributed by atoms with van der Waals surface area (Å²) in [5.74, 6) is -2.11. The van der Waals surface area contributed by atoms with Crippen LogP contribution in [0.15, 0.2) is 21.5 Å². The van der Waals surface area contributed by atoms with Crippen LogP contribution in [0.5, 0.6) is 0 Å². The van der Waals surface area contributed by atoms with E-state index in [1.807, 2.05) is 0 Å². The number of halogens is 3. The quantitative estimate of drug-likeness (QED) is 0.902. The monoisotopic (exact) mass is 341 g/mol. The fourth-order valence-electron chi connectivity index (χ4n) is 1.74. The minimum atomic E-state index is -3.99. The Kier molecular flexibility index (Phi) is 3.72. The van der Waals surface area contributed by atoms with Gasteiger partial charge in [0.2, 0.25) is 10.0 Å². The van der Waals surface area contributed by atoms with Crippen LogP contribution in [0.4, 0.5) is 8.78 Å². The molecule has 4 nitrogen and oxygen atoms in total. The summed E-state index contributed by atoms with van der Waals surface area (Å²) in [4.78, 5) is -0.569. The fourth-order valence-corrected chi connectivity index (χ4v) is 4.44. The Morgan fingerprint density at radius 2 is 2.00 bits per heavy atom. The molecule has 0 spiro atoms. The molecular formula is C10H10BrF2NO3S. The van der Waals surface area contributed by atoms with E-state index in [1.165, 1.54) is 0 Å². The van der Waals surface area contributed by atoms with Gasteiger partial charge in [0, 0.05) is 36.2 Å². The lowest BCUT2D eigenvalue weighted by molar-refractivity contribution is 0.117. The zero-order valence-corrected chi connectivity index (χ0v) is 11.5. The van der Waals surface area contributed by atoms with Gasteiger partial charge in [-0.1, -0.05) is 0 Å². The Morgan fingerprint density at radius 3 is 2.50 bits per heavy atom. The van der Waals surface area contributed by atoms with Gasteiger partial charge in [-0.25, -0.2) is 17.2 Å². The van der Waals surface area contributed by atoms with Crippen molar-refractivity contribution in [2.75, 3.05) is 19.7 Å². The maximum atomic E-state index is 13.6. The van der Waals surface area contributed by atoms with Crippen molar-refractivity contribution in [2.45, 2.75) is 4.90 Å². The summed E-state index contributed by atoms with van der Waals surface area (Å²) in [5, 5.41) is 8.83. The van der Waals surface area contributed by atoms with Gasteiger partial charge < -0.3 is 5.11 Å². The molecule has 100 valence electrons. The standard InChI is InChI=1S/C10H10BrF2NO3S/c11-8-1-7(12)2-9(13)10(8)18(16,17)14-3-6(4-14)5-15/h1-2,6,15H,3-5H2. The van der Waals surface area contributed by atoms with Crippen molar-refractivity contribution in [3.63, 3.8) is 0 Å². The maximum absolute atomic E-state index is 13.6. The molecule has 18 heavy (non-hydrogen) atoms. The Hall–Kier alpha value is -0.570. The highest BCUT2D eigenvalue weighted by atomic mass is 79.9. The van der Waals surface area contributed by atoms with Crippen LogP contribution in [0.2, 0.25) is 0 Å². The molecule has 1 fully saturated rings. The number of nitrogens with zero attached hydrogens (tertiary/aromatic N) is 1. The molecule has 8 heteroatoms. The zero-order valence-electron chi connectivity index (χ0n) is 9.11. The summed E-state index contributed by atoms with van der Waals surface area (Å²) >= 11 is 2.85. The predicted molar refractivity (Wildman–Crippen MR) is 63.4 cm³/mol. The van der Waals surface area contributed by atoms with E-state index >= 15 is 0 Å². The fraction of sp³-hybridized carbons (Fsp3) is 0.400. The molecule has 0 aromatic heterocycles. The molecule has 0 bridgehead atoms. The first-order valence-corrected chi connectivity index (χ1v) is 7.35. The van der Waals surface area contributed by atoms with Gasteiger partial charge in [-0.3, -0.25) is 0 Å². The minimum Gasteiger partial charge on any atom is -0.396 e. The molecular weight excluding hydrogens is 332 g/mol. The molecule has 1 aliphatic rings. The number of hydrogen-bond acceptors (Lipinski definition) is 3. The van der Waals surface area contributed by atoms with Gasteiger partial charge in [-0.15, -0.1) is 0 Å². The van der Waals surface area contributed by atoms with Crippen molar-refractivity contribution in [1.29, 1.82) is 0 Å². The number of benzene rings is 1. The molecule has 1 saturated heterocycles. The second-order valence-corrected chi connectivity index (χ2v) is 6.80. The van der Waals surface area contributed by atoms with Gasteiger partial charge in [0.1, 0.15) is 16.5 Å². The summed E-state index contributed by atoms with van der Waals surface area (Å²) in [6.07, 6.45) is 0. The van der Waals surface area contributed by atoms with E-state index in [1.54, 1.807) is 0 Å². The normalized spacial score (nSPS) is 17.8. The molecule has 0 saturated carbocycles. The van der Waals surface area contributed by atoms with Crippen molar-refractivity contribution in [3.8, 4) is 0 Å². The topological polar surface area (TPSA) is 57.6 Å². The number of hydrogen-bond donors (Lipinski definition) is 1. The van der Waals surface area contributed by atoms with Crippen LogP contribution in [0.25, 0.3) is 0 Å². The first-order chi connectivity index (χ1) is 8.36. The van der Waals surface area contributed by atoms with Gasteiger partial charge in [0.15, 0.2) is 0 Å². The van der Waals surface area contributed by atoms with E-state index in [2.05, 4.69) is 15.9 Å². The number of aliphatic hydroxyl groups is 1. The third-order valence-electron chi connectivity index (χ3n) is 2.74. The largest absolute Gasteiger partial charge is 0.396 e. The van der Waals surface area contributed by atoms with Crippen LogP contribution in [-0.4, -0.2) is 37.5 Å². The Morgan fingerprint density at radius 1 is 1.39 bits per heavy atom. The van der Waals surface area contributed by atoms with Crippen LogP contribution in [0, 0.1) is 17.6 Å². The average Bonchev–Trinajstić information content (AvgIpc) is 2.12. The average molecular weight is 342 g/mol. The molecule has 1 aliphatic heterocycles. The van der Waals surface area contributed by atoms with Crippen molar-refractivity contribution < 1.29 is 22.3 Å². The summed E-state index contributed by atoms with van der Waals surface area (Å²) < 4.78 is 51.5. The predicted octanol–water partition coefficient (Wildman–Crippen LogP) is 1.34. The van der Waals surface area contributed by atoms with Crippen LogP contribution in [-0.2, 0) is 10.0 Å². The van der Waals surface area contributed by atoms with Crippen molar-refractivity contribution >= 4 is 26.0 Å². The number of aliphatic hydroxyl groups excluding tert-OH is 1. The van der Waals surface area contributed by atoms with Gasteiger partial charge in [-0.05, 0) is 22.0 Å². The van der Waals surface area contributed by atoms with Gasteiger partial charge in [-0.2, -0.15) is 4.31 Å². The van der Waals surface area contributed by atoms with Crippen LogP contribution in [0.3, 0.4) is 0 Å². The molecule has 2 rings (SSSR count). The number of rotatable bonds is 3. The highest BCUT2D eigenvalue weighted by Gasteiger charge is 2.38.